The lowest BCUT2D eigenvalue weighted by Crippen LogP contribution is -2.29. The fourth-order valence-electron chi connectivity index (χ4n) is 2.98. The third-order valence-corrected chi connectivity index (χ3v) is 4.33. The van der Waals surface area contributed by atoms with Crippen LogP contribution in [0.25, 0.3) is 10.9 Å². The SMILES string of the molecule is Cc1ccc(C(C)C)c(OC(=O)NCCc2c[nH]c3ccccc23)c1. The van der Waals surface area contributed by atoms with Gasteiger partial charge in [-0.2, -0.15) is 0 Å². The molecule has 1 amide bonds. The molecule has 0 unspecified atom stereocenters. The van der Waals surface area contributed by atoms with E-state index in [1.54, 1.807) is 0 Å². The number of hydrogen-bond donors (Lipinski definition) is 2. The van der Waals surface area contributed by atoms with Gasteiger partial charge in [-0.25, -0.2) is 4.79 Å². The van der Waals surface area contributed by atoms with E-state index >= 15 is 0 Å². The van der Waals surface area contributed by atoms with Gasteiger partial charge in [0.1, 0.15) is 5.75 Å². The summed E-state index contributed by atoms with van der Waals surface area (Å²) >= 11 is 0. The smallest absolute Gasteiger partial charge is 0.410 e. The number of rotatable bonds is 5. The summed E-state index contributed by atoms with van der Waals surface area (Å²) in [5.74, 6) is 0.939. The zero-order valence-corrected chi connectivity index (χ0v) is 14.9. The predicted octanol–water partition coefficient (Wildman–Crippen LogP) is 4.93. The van der Waals surface area contributed by atoms with Crippen LogP contribution in [0.15, 0.2) is 48.7 Å². The molecule has 0 spiro atoms. The minimum Gasteiger partial charge on any atom is -0.410 e. The highest BCUT2D eigenvalue weighted by molar-refractivity contribution is 5.83. The molecule has 0 radical (unpaired) electrons. The molecule has 4 heteroatoms. The van der Waals surface area contributed by atoms with E-state index in [4.69, 9.17) is 4.74 Å². The highest BCUT2D eigenvalue weighted by Crippen LogP contribution is 2.27. The van der Waals surface area contributed by atoms with Crippen molar-refractivity contribution >= 4 is 17.0 Å². The Balaban J connectivity index is 1.59. The zero-order valence-electron chi connectivity index (χ0n) is 14.9. The number of fused-ring (bicyclic) bond motifs is 1. The van der Waals surface area contributed by atoms with Gasteiger partial charge >= 0.3 is 6.09 Å². The molecule has 1 heterocycles. The summed E-state index contributed by atoms with van der Waals surface area (Å²) in [6, 6.07) is 14.1. The molecule has 25 heavy (non-hydrogen) atoms. The number of benzene rings is 2. The number of carbonyl (C=O) groups is 1. The maximum Gasteiger partial charge on any atom is 0.412 e. The number of hydrogen-bond acceptors (Lipinski definition) is 2. The Kier molecular flexibility index (Phi) is 5.08. The summed E-state index contributed by atoms with van der Waals surface area (Å²) in [6.07, 6.45) is 2.34. The Morgan fingerprint density at radius 1 is 1.20 bits per heavy atom. The van der Waals surface area contributed by atoms with E-state index in [0.717, 1.165) is 23.1 Å². The quantitative estimate of drug-likeness (QED) is 0.694. The summed E-state index contributed by atoms with van der Waals surface area (Å²) in [5, 5.41) is 4.04. The van der Waals surface area contributed by atoms with Crippen molar-refractivity contribution in [2.45, 2.75) is 33.1 Å². The van der Waals surface area contributed by atoms with Crippen LogP contribution >= 0.6 is 0 Å². The maximum absolute atomic E-state index is 12.1. The number of nitrogens with one attached hydrogen (secondary N) is 2. The fourth-order valence-corrected chi connectivity index (χ4v) is 2.98. The largest absolute Gasteiger partial charge is 0.412 e. The molecule has 2 N–H and O–H groups in total. The second kappa shape index (κ2) is 7.43. The standard InChI is InChI=1S/C21H24N2O2/c1-14(2)17-9-8-15(3)12-20(17)25-21(24)22-11-10-16-13-23-19-7-5-4-6-18(16)19/h4-9,12-14,23H,10-11H2,1-3H3,(H,22,24). The van der Waals surface area contributed by atoms with Crippen LogP contribution in [0.1, 0.15) is 36.5 Å². The van der Waals surface area contributed by atoms with E-state index in [2.05, 4.69) is 30.2 Å². The van der Waals surface area contributed by atoms with E-state index in [1.165, 1.54) is 10.9 Å². The van der Waals surface area contributed by atoms with Crippen LogP contribution in [-0.2, 0) is 6.42 Å². The number of H-pyrrole nitrogens is 1. The molecule has 0 saturated carbocycles. The Hall–Kier alpha value is -2.75. The first-order valence-corrected chi connectivity index (χ1v) is 8.66. The molecule has 0 bridgehead atoms. The van der Waals surface area contributed by atoms with Crippen molar-refractivity contribution < 1.29 is 9.53 Å². The van der Waals surface area contributed by atoms with Gasteiger partial charge in [0.2, 0.25) is 0 Å². The van der Waals surface area contributed by atoms with Gasteiger partial charge < -0.3 is 15.0 Å². The minimum absolute atomic E-state index is 0.301. The molecule has 3 rings (SSSR count). The first kappa shape index (κ1) is 17.1. The topological polar surface area (TPSA) is 54.1 Å². The van der Waals surface area contributed by atoms with Crippen molar-refractivity contribution in [2.24, 2.45) is 0 Å². The molecule has 0 aliphatic rings. The Bertz CT molecular complexity index is 880. The van der Waals surface area contributed by atoms with Crippen LogP contribution in [0.4, 0.5) is 4.79 Å². The molecule has 0 atom stereocenters. The Labute approximate surface area is 148 Å². The fraction of sp³-hybridized carbons (Fsp3) is 0.286. The van der Waals surface area contributed by atoms with Crippen molar-refractivity contribution in [3.63, 3.8) is 0 Å². The van der Waals surface area contributed by atoms with Crippen LogP contribution in [0.2, 0.25) is 0 Å². The molecule has 1 aromatic heterocycles. The van der Waals surface area contributed by atoms with E-state index in [-0.39, 0.29) is 0 Å². The van der Waals surface area contributed by atoms with E-state index in [1.807, 2.05) is 49.5 Å². The maximum atomic E-state index is 12.1. The van der Waals surface area contributed by atoms with Gasteiger partial charge in [0.25, 0.3) is 0 Å². The highest BCUT2D eigenvalue weighted by Gasteiger charge is 2.12. The molecule has 0 aliphatic heterocycles. The summed E-state index contributed by atoms with van der Waals surface area (Å²) in [7, 11) is 0. The van der Waals surface area contributed by atoms with Gasteiger partial charge in [-0.1, -0.05) is 44.2 Å². The van der Waals surface area contributed by atoms with Crippen LogP contribution in [0, 0.1) is 6.92 Å². The summed E-state index contributed by atoms with van der Waals surface area (Å²) in [6.45, 7) is 6.70. The highest BCUT2D eigenvalue weighted by atomic mass is 16.6. The monoisotopic (exact) mass is 336 g/mol. The lowest BCUT2D eigenvalue weighted by Gasteiger charge is -2.14. The Morgan fingerprint density at radius 3 is 2.80 bits per heavy atom. The van der Waals surface area contributed by atoms with E-state index in [0.29, 0.717) is 18.2 Å². The van der Waals surface area contributed by atoms with Crippen LogP contribution in [-0.4, -0.2) is 17.6 Å². The van der Waals surface area contributed by atoms with Gasteiger partial charge in [0.05, 0.1) is 0 Å². The van der Waals surface area contributed by atoms with Crippen LogP contribution in [0.3, 0.4) is 0 Å². The van der Waals surface area contributed by atoms with E-state index < -0.39 is 6.09 Å². The molecule has 0 aliphatic carbocycles. The number of aromatic amines is 1. The summed E-state index contributed by atoms with van der Waals surface area (Å²) < 4.78 is 5.54. The third-order valence-electron chi connectivity index (χ3n) is 4.33. The zero-order chi connectivity index (χ0) is 17.8. The van der Waals surface area contributed by atoms with Gasteiger partial charge in [-0.15, -0.1) is 0 Å². The second-order valence-electron chi connectivity index (χ2n) is 6.62. The average Bonchev–Trinajstić information content (AvgIpc) is 2.98. The molecule has 0 fully saturated rings. The Morgan fingerprint density at radius 2 is 2.00 bits per heavy atom. The molecule has 2 aromatic carbocycles. The third kappa shape index (κ3) is 4.02. The number of ether oxygens (including phenoxy) is 1. The van der Waals surface area contributed by atoms with Crippen molar-refractivity contribution in [3.8, 4) is 5.75 Å². The molecule has 4 nitrogen and oxygen atoms in total. The molecular weight excluding hydrogens is 312 g/mol. The lowest BCUT2D eigenvalue weighted by molar-refractivity contribution is 0.200. The van der Waals surface area contributed by atoms with Crippen molar-refractivity contribution in [2.75, 3.05) is 6.54 Å². The number of carbonyl (C=O) groups excluding carboxylic acids is 1. The molecule has 3 aromatic rings. The number of aromatic nitrogens is 1. The van der Waals surface area contributed by atoms with Crippen molar-refractivity contribution in [1.29, 1.82) is 0 Å². The van der Waals surface area contributed by atoms with E-state index in [9.17, 15) is 4.79 Å². The van der Waals surface area contributed by atoms with Crippen LogP contribution in [0.5, 0.6) is 5.75 Å². The van der Waals surface area contributed by atoms with Gasteiger partial charge in [-0.05, 0) is 48.1 Å². The molecule has 130 valence electrons. The first-order valence-electron chi connectivity index (χ1n) is 8.66. The molecule has 0 saturated heterocycles. The normalized spacial score (nSPS) is 11.0. The number of para-hydroxylation sites is 1. The summed E-state index contributed by atoms with van der Waals surface area (Å²) in [4.78, 5) is 15.4. The van der Waals surface area contributed by atoms with Crippen molar-refractivity contribution in [3.05, 3.63) is 65.4 Å². The second-order valence-corrected chi connectivity index (χ2v) is 6.62. The van der Waals surface area contributed by atoms with Crippen LogP contribution < -0.4 is 10.1 Å². The predicted molar refractivity (Wildman–Crippen MR) is 101 cm³/mol. The summed E-state index contributed by atoms with van der Waals surface area (Å²) in [5.41, 5.74) is 4.42. The minimum atomic E-state index is -0.410. The van der Waals surface area contributed by atoms with Gasteiger partial charge in [0.15, 0.2) is 0 Å². The first-order chi connectivity index (χ1) is 12.0. The average molecular weight is 336 g/mol. The lowest BCUT2D eigenvalue weighted by atomic mass is 10.0. The number of amides is 1. The van der Waals surface area contributed by atoms with Gasteiger partial charge in [-0.3, -0.25) is 0 Å². The van der Waals surface area contributed by atoms with Crippen molar-refractivity contribution in [1.82, 2.24) is 10.3 Å². The van der Waals surface area contributed by atoms with Gasteiger partial charge in [0, 0.05) is 23.6 Å². The number of aryl methyl sites for hydroxylation is 1. The molecular formula is C21H24N2O2.